The number of aliphatic carboxylic acids is 1. The second-order valence-corrected chi connectivity index (χ2v) is 6.01. The van der Waals surface area contributed by atoms with Gasteiger partial charge in [0.2, 0.25) is 0 Å². The number of carbonyl (C=O) groups is 2. The van der Waals surface area contributed by atoms with Crippen molar-refractivity contribution in [2.45, 2.75) is 39.7 Å². The van der Waals surface area contributed by atoms with Gasteiger partial charge in [-0.1, -0.05) is 11.6 Å². The summed E-state index contributed by atoms with van der Waals surface area (Å²) in [6, 6.07) is 0. The van der Waals surface area contributed by atoms with E-state index < -0.39 is 5.97 Å². The molecule has 134 valence electrons. The predicted octanol–water partition coefficient (Wildman–Crippen LogP) is 4.00. The van der Waals surface area contributed by atoms with Crippen LogP contribution in [-0.2, 0) is 22.6 Å². The number of ether oxygens (including phenoxy) is 1. The van der Waals surface area contributed by atoms with Gasteiger partial charge in [0.15, 0.2) is 0 Å². The lowest BCUT2D eigenvalue weighted by atomic mass is 9.89. The van der Waals surface area contributed by atoms with Crippen LogP contribution in [0.3, 0.4) is 0 Å². The summed E-state index contributed by atoms with van der Waals surface area (Å²) in [4.78, 5) is 22.8. The molecule has 1 heterocycles. The quantitative estimate of drug-likeness (QED) is 0.576. The molecule has 0 saturated heterocycles. The summed E-state index contributed by atoms with van der Waals surface area (Å²) >= 11 is 0. The summed E-state index contributed by atoms with van der Waals surface area (Å²) in [7, 11) is 1.71. The second kappa shape index (κ2) is 7.96. The van der Waals surface area contributed by atoms with Crippen molar-refractivity contribution in [2.75, 3.05) is 12.4 Å². The topological polar surface area (TPSA) is 75.6 Å². The Kier molecular flexibility index (Phi) is 5.96. The highest BCUT2D eigenvalue weighted by Crippen LogP contribution is 2.37. The molecule has 2 N–H and O–H groups in total. The molecular formula is C19H22FNO4. The molecule has 2 rings (SSSR count). The highest BCUT2D eigenvalue weighted by Gasteiger charge is 2.30. The number of cyclic esters (lactones) is 1. The Hall–Kier alpha value is -2.63. The lowest BCUT2D eigenvalue weighted by molar-refractivity contribution is -0.136. The molecule has 6 heteroatoms. The van der Waals surface area contributed by atoms with Crippen molar-refractivity contribution >= 4 is 23.7 Å². The third kappa shape index (κ3) is 3.90. The van der Waals surface area contributed by atoms with E-state index in [1.807, 2.05) is 19.9 Å². The summed E-state index contributed by atoms with van der Waals surface area (Å²) in [6.45, 7) is 3.90. The third-order valence-electron chi connectivity index (χ3n) is 4.45. The van der Waals surface area contributed by atoms with Crippen LogP contribution in [0, 0.1) is 6.92 Å². The Morgan fingerprint density at radius 2 is 2.12 bits per heavy atom. The number of hydrogen-bond donors (Lipinski definition) is 2. The minimum atomic E-state index is -0.846. The van der Waals surface area contributed by atoms with E-state index in [2.05, 4.69) is 5.32 Å². The Balaban J connectivity index is 2.50. The normalized spacial score (nSPS) is 13.9. The number of esters is 1. The number of carboxylic acids is 1. The number of fused-ring (bicyclic) bond motifs is 1. The fourth-order valence-corrected chi connectivity index (χ4v) is 3.09. The van der Waals surface area contributed by atoms with E-state index >= 15 is 0 Å². The fourth-order valence-electron chi connectivity index (χ4n) is 3.09. The number of carboxylic acid groups (broad SMARTS) is 1. The molecule has 0 aliphatic carbocycles. The van der Waals surface area contributed by atoms with Crippen LogP contribution in [-0.4, -0.2) is 24.1 Å². The molecule has 0 amide bonds. The van der Waals surface area contributed by atoms with Crippen LogP contribution in [0.25, 0.3) is 6.08 Å². The van der Waals surface area contributed by atoms with Crippen LogP contribution < -0.4 is 5.32 Å². The minimum absolute atomic E-state index is 0.0635. The van der Waals surface area contributed by atoms with Gasteiger partial charge in [-0.05, 0) is 49.5 Å². The Bertz CT molecular complexity index is 765. The number of benzene rings is 1. The Labute approximate surface area is 146 Å². The average molecular weight is 347 g/mol. The number of carbonyl (C=O) groups excluding carboxylic acids is 1. The zero-order chi connectivity index (χ0) is 18.6. The van der Waals surface area contributed by atoms with Gasteiger partial charge < -0.3 is 15.2 Å². The van der Waals surface area contributed by atoms with Crippen LogP contribution >= 0.6 is 0 Å². The van der Waals surface area contributed by atoms with E-state index in [0.29, 0.717) is 36.0 Å². The van der Waals surface area contributed by atoms with Gasteiger partial charge in [0.1, 0.15) is 6.61 Å². The molecule has 25 heavy (non-hydrogen) atoms. The first-order valence-electron chi connectivity index (χ1n) is 8.08. The summed E-state index contributed by atoms with van der Waals surface area (Å²) in [5.74, 6) is -1.23. The van der Waals surface area contributed by atoms with Crippen molar-refractivity contribution in [2.24, 2.45) is 0 Å². The van der Waals surface area contributed by atoms with Gasteiger partial charge >= 0.3 is 11.9 Å². The summed E-state index contributed by atoms with van der Waals surface area (Å²) in [6.07, 6.45) is 4.76. The van der Waals surface area contributed by atoms with Crippen LogP contribution in [0.4, 0.5) is 10.1 Å². The van der Waals surface area contributed by atoms with Crippen molar-refractivity contribution in [1.82, 2.24) is 0 Å². The van der Waals surface area contributed by atoms with E-state index in [-0.39, 0.29) is 19.0 Å². The molecule has 1 aromatic carbocycles. The molecule has 0 radical (unpaired) electrons. The van der Waals surface area contributed by atoms with Gasteiger partial charge in [-0.25, -0.2) is 9.18 Å². The third-order valence-corrected chi connectivity index (χ3v) is 4.45. The van der Waals surface area contributed by atoms with E-state index in [4.69, 9.17) is 9.84 Å². The lowest BCUT2D eigenvalue weighted by Gasteiger charge is -2.18. The summed E-state index contributed by atoms with van der Waals surface area (Å²) < 4.78 is 18.1. The number of anilines is 1. The van der Waals surface area contributed by atoms with Gasteiger partial charge in [0, 0.05) is 19.0 Å². The molecule has 0 aromatic heterocycles. The molecule has 0 atom stereocenters. The van der Waals surface area contributed by atoms with Gasteiger partial charge in [0.25, 0.3) is 0 Å². The molecular weight excluding hydrogens is 325 g/mol. The van der Waals surface area contributed by atoms with E-state index in [0.717, 1.165) is 22.3 Å². The zero-order valence-corrected chi connectivity index (χ0v) is 14.6. The number of halogens is 1. The van der Waals surface area contributed by atoms with Crippen molar-refractivity contribution in [3.63, 3.8) is 0 Å². The maximum absolute atomic E-state index is 12.9. The Morgan fingerprint density at radius 3 is 2.72 bits per heavy atom. The maximum Gasteiger partial charge on any atom is 0.341 e. The molecule has 0 spiro atoms. The predicted molar refractivity (Wildman–Crippen MR) is 94.3 cm³/mol. The van der Waals surface area contributed by atoms with E-state index in [1.54, 1.807) is 7.05 Å². The number of rotatable bonds is 7. The number of nitrogens with one attached hydrogen (secondary N) is 1. The lowest BCUT2D eigenvalue weighted by Crippen LogP contribution is -2.08. The zero-order valence-electron chi connectivity index (χ0n) is 14.6. The van der Waals surface area contributed by atoms with Crippen molar-refractivity contribution in [3.8, 4) is 0 Å². The maximum atomic E-state index is 12.9. The minimum Gasteiger partial charge on any atom is -0.481 e. The summed E-state index contributed by atoms with van der Waals surface area (Å²) in [5, 5.41) is 11.8. The molecule has 0 bridgehead atoms. The van der Waals surface area contributed by atoms with E-state index in [1.165, 1.54) is 6.08 Å². The van der Waals surface area contributed by atoms with Gasteiger partial charge in [-0.3, -0.25) is 4.79 Å². The first-order valence-corrected chi connectivity index (χ1v) is 8.08. The molecule has 5 nitrogen and oxygen atoms in total. The number of allylic oxidation sites excluding steroid dienone is 2. The molecule has 0 saturated carbocycles. The highest BCUT2D eigenvalue weighted by molar-refractivity contribution is 6.01. The second-order valence-electron chi connectivity index (χ2n) is 6.01. The highest BCUT2D eigenvalue weighted by atomic mass is 19.1. The monoisotopic (exact) mass is 347 g/mol. The Morgan fingerprint density at radius 1 is 1.40 bits per heavy atom. The molecule has 1 aliphatic heterocycles. The van der Waals surface area contributed by atoms with Crippen molar-refractivity contribution in [3.05, 3.63) is 45.8 Å². The largest absolute Gasteiger partial charge is 0.481 e. The van der Waals surface area contributed by atoms with Crippen LogP contribution in [0.15, 0.2) is 18.0 Å². The van der Waals surface area contributed by atoms with E-state index in [9.17, 15) is 14.0 Å². The first kappa shape index (κ1) is 18.7. The van der Waals surface area contributed by atoms with Crippen LogP contribution in [0.1, 0.15) is 52.4 Å². The molecule has 0 fully saturated rings. The van der Waals surface area contributed by atoms with Gasteiger partial charge in [-0.2, -0.15) is 0 Å². The van der Waals surface area contributed by atoms with Crippen LogP contribution in [0.2, 0.25) is 0 Å². The van der Waals surface area contributed by atoms with Gasteiger partial charge in [-0.15, -0.1) is 0 Å². The molecule has 1 aliphatic rings. The van der Waals surface area contributed by atoms with Crippen molar-refractivity contribution in [1.29, 1.82) is 0 Å². The standard InChI is InChI=1S/C19H22FNO4/c1-11(5-7-16(22)23)4-6-14-13(8-9-20)12(2)15-10-25-19(24)17(15)18(14)21-3/h4,8-9,21H,5-7,10H2,1-3H3,(H,22,23). The average Bonchev–Trinajstić information content (AvgIpc) is 2.96. The van der Waals surface area contributed by atoms with Crippen molar-refractivity contribution < 1.29 is 23.8 Å². The fraction of sp³-hybridized carbons (Fsp3) is 0.368. The molecule has 0 unspecified atom stereocenters. The van der Waals surface area contributed by atoms with Crippen LogP contribution in [0.5, 0.6) is 0 Å². The number of hydrogen-bond acceptors (Lipinski definition) is 4. The first-order chi connectivity index (χ1) is 11.9. The smallest absolute Gasteiger partial charge is 0.341 e. The SMILES string of the molecule is CNc1c(CC=C(C)CCC(=O)O)c(C=CF)c(C)c2c1C(=O)OC2. The molecule has 1 aromatic rings. The van der Waals surface area contributed by atoms with Gasteiger partial charge in [0.05, 0.1) is 17.6 Å². The summed E-state index contributed by atoms with van der Waals surface area (Å²) in [5.41, 5.74) is 5.17.